The summed E-state index contributed by atoms with van der Waals surface area (Å²) in [6.45, 7) is 1.75. The van der Waals surface area contributed by atoms with Crippen molar-refractivity contribution in [3.63, 3.8) is 0 Å². The molecule has 1 unspecified atom stereocenters. The van der Waals surface area contributed by atoms with Crippen LogP contribution in [-0.4, -0.2) is 17.4 Å². The van der Waals surface area contributed by atoms with Gasteiger partial charge in [-0.15, -0.1) is 0 Å². The van der Waals surface area contributed by atoms with Crippen LogP contribution in [0, 0.1) is 0 Å². The third-order valence-electron chi connectivity index (χ3n) is 2.70. The molecule has 5 nitrogen and oxygen atoms in total. The molecule has 3 N–H and O–H groups in total. The molecule has 1 atom stereocenters. The maximum atomic E-state index is 11.2. The molecule has 1 aromatic heterocycles. The van der Waals surface area contributed by atoms with E-state index in [0.717, 1.165) is 5.69 Å². The standard InChI is InChI=1S/C15H17N3O2/c1-11(19)18-13-7-2-3-8-14(13)20-15(10-16)12-6-4-5-9-17-12/h2-9,15H,10,16H2,1H3,(H,18,19). The Morgan fingerprint density at radius 3 is 2.70 bits per heavy atom. The zero-order valence-electron chi connectivity index (χ0n) is 11.2. The third-order valence-corrected chi connectivity index (χ3v) is 2.70. The van der Waals surface area contributed by atoms with Crippen molar-refractivity contribution in [2.24, 2.45) is 5.73 Å². The molecule has 104 valence electrons. The van der Waals surface area contributed by atoms with Crippen LogP contribution in [0.4, 0.5) is 5.69 Å². The number of amides is 1. The quantitative estimate of drug-likeness (QED) is 0.873. The zero-order valence-corrected chi connectivity index (χ0v) is 11.2. The fraction of sp³-hybridized carbons (Fsp3) is 0.200. The van der Waals surface area contributed by atoms with Gasteiger partial charge in [0, 0.05) is 19.7 Å². The lowest BCUT2D eigenvalue weighted by molar-refractivity contribution is -0.114. The minimum Gasteiger partial charge on any atom is -0.481 e. The lowest BCUT2D eigenvalue weighted by Gasteiger charge is -2.19. The number of carbonyl (C=O) groups excluding carboxylic acids is 1. The fourth-order valence-corrected chi connectivity index (χ4v) is 1.81. The number of hydrogen-bond acceptors (Lipinski definition) is 4. The maximum Gasteiger partial charge on any atom is 0.221 e. The van der Waals surface area contributed by atoms with E-state index in [9.17, 15) is 4.79 Å². The van der Waals surface area contributed by atoms with Crippen molar-refractivity contribution < 1.29 is 9.53 Å². The van der Waals surface area contributed by atoms with Crippen molar-refractivity contribution in [3.05, 3.63) is 54.4 Å². The summed E-state index contributed by atoms with van der Waals surface area (Å²) in [5.41, 5.74) is 7.13. The summed E-state index contributed by atoms with van der Waals surface area (Å²) in [5, 5.41) is 2.73. The second-order valence-corrected chi connectivity index (χ2v) is 4.27. The molecule has 0 saturated carbocycles. The highest BCUT2D eigenvalue weighted by molar-refractivity contribution is 5.90. The largest absolute Gasteiger partial charge is 0.481 e. The molecule has 0 saturated heterocycles. The van der Waals surface area contributed by atoms with Crippen LogP contribution in [0.2, 0.25) is 0 Å². The van der Waals surface area contributed by atoms with Crippen molar-refractivity contribution >= 4 is 11.6 Å². The van der Waals surface area contributed by atoms with Crippen LogP contribution in [0.15, 0.2) is 48.7 Å². The summed E-state index contributed by atoms with van der Waals surface area (Å²) in [4.78, 5) is 15.4. The van der Waals surface area contributed by atoms with Gasteiger partial charge in [-0.1, -0.05) is 18.2 Å². The molecule has 5 heteroatoms. The number of benzene rings is 1. The number of pyridine rings is 1. The first-order chi connectivity index (χ1) is 9.70. The minimum absolute atomic E-state index is 0.150. The number of anilines is 1. The number of para-hydroxylation sites is 2. The molecule has 0 fully saturated rings. The summed E-state index contributed by atoms with van der Waals surface area (Å²) < 4.78 is 5.88. The van der Waals surface area contributed by atoms with Gasteiger partial charge in [0.25, 0.3) is 0 Å². The molecule has 0 radical (unpaired) electrons. The van der Waals surface area contributed by atoms with Crippen molar-refractivity contribution in [3.8, 4) is 5.75 Å². The summed E-state index contributed by atoms with van der Waals surface area (Å²) in [6.07, 6.45) is 1.34. The van der Waals surface area contributed by atoms with Gasteiger partial charge in [0.1, 0.15) is 5.75 Å². The Morgan fingerprint density at radius 1 is 1.30 bits per heavy atom. The Labute approximate surface area is 117 Å². The molecule has 0 aliphatic heterocycles. The number of rotatable bonds is 5. The Morgan fingerprint density at radius 2 is 2.05 bits per heavy atom. The van der Waals surface area contributed by atoms with Crippen molar-refractivity contribution in [1.29, 1.82) is 0 Å². The zero-order chi connectivity index (χ0) is 14.4. The number of aromatic nitrogens is 1. The van der Waals surface area contributed by atoms with E-state index < -0.39 is 0 Å². The lowest BCUT2D eigenvalue weighted by atomic mass is 10.2. The Kier molecular flexibility index (Phi) is 4.68. The lowest BCUT2D eigenvalue weighted by Crippen LogP contribution is -2.20. The smallest absolute Gasteiger partial charge is 0.221 e. The van der Waals surface area contributed by atoms with Gasteiger partial charge in [-0.25, -0.2) is 0 Å². The number of nitrogens with zero attached hydrogens (tertiary/aromatic N) is 1. The Bertz CT molecular complexity index is 572. The molecule has 0 spiro atoms. The van der Waals surface area contributed by atoms with Crippen molar-refractivity contribution in [2.75, 3.05) is 11.9 Å². The number of hydrogen-bond donors (Lipinski definition) is 2. The summed E-state index contributed by atoms with van der Waals surface area (Å²) in [7, 11) is 0. The maximum absolute atomic E-state index is 11.2. The van der Waals surface area contributed by atoms with Crippen LogP contribution >= 0.6 is 0 Å². The van der Waals surface area contributed by atoms with Crippen LogP contribution in [-0.2, 0) is 4.79 Å². The highest BCUT2D eigenvalue weighted by Gasteiger charge is 2.14. The van der Waals surface area contributed by atoms with E-state index in [4.69, 9.17) is 10.5 Å². The number of nitrogens with two attached hydrogens (primary N) is 1. The van der Waals surface area contributed by atoms with E-state index >= 15 is 0 Å². The molecule has 2 rings (SSSR count). The SMILES string of the molecule is CC(=O)Nc1ccccc1OC(CN)c1ccccn1. The van der Waals surface area contributed by atoms with Crippen LogP contribution in [0.5, 0.6) is 5.75 Å². The van der Waals surface area contributed by atoms with Gasteiger partial charge in [0.15, 0.2) is 6.10 Å². The molecule has 0 aliphatic rings. The predicted octanol–water partition coefficient (Wildman–Crippen LogP) is 2.12. The Hall–Kier alpha value is -2.40. The molecule has 2 aromatic rings. The minimum atomic E-state index is -0.355. The van der Waals surface area contributed by atoms with E-state index in [0.29, 0.717) is 18.0 Å². The molecular formula is C15H17N3O2. The summed E-state index contributed by atoms with van der Waals surface area (Å²) >= 11 is 0. The average molecular weight is 271 g/mol. The van der Waals surface area contributed by atoms with E-state index in [1.54, 1.807) is 18.3 Å². The van der Waals surface area contributed by atoms with E-state index in [1.165, 1.54) is 6.92 Å². The summed E-state index contributed by atoms with van der Waals surface area (Å²) in [6, 6.07) is 12.8. The fourth-order valence-electron chi connectivity index (χ4n) is 1.81. The average Bonchev–Trinajstić information content (AvgIpc) is 2.46. The van der Waals surface area contributed by atoms with Gasteiger partial charge in [-0.2, -0.15) is 0 Å². The van der Waals surface area contributed by atoms with Gasteiger partial charge in [0.05, 0.1) is 11.4 Å². The second kappa shape index (κ2) is 6.68. The first-order valence-electron chi connectivity index (χ1n) is 6.35. The van der Waals surface area contributed by atoms with Gasteiger partial charge < -0.3 is 15.8 Å². The molecule has 1 heterocycles. The highest BCUT2D eigenvalue weighted by Crippen LogP contribution is 2.28. The van der Waals surface area contributed by atoms with Gasteiger partial charge in [0.2, 0.25) is 5.91 Å². The monoisotopic (exact) mass is 271 g/mol. The van der Waals surface area contributed by atoms with Crippen LogP contribution in [0.25, 0.3) is 0 Å². The van der Waals surface area contributed by atoms with Crippen LogP contribution in [0.1, 0.15) is 18.7 Å². The molecule has 20 heavy (non-hydrogen) atoms. The normalized spacial score (nSPS) is 11.7. The number of nitrogens with one attached hydrogen (secondary N) is 1. The Balaban J connectivity index is 2.22. The molecule has 0 aliphatic carbocycles. The molecule has 1 aromatic carbocycles. The second-order valence-electron chi connectivity index (χ2n) is 4.27. The van der Waals surface area contributed by atoms with E-state index in [1.807, 2.05) is 30.3 Å². The molecule has 1 amide bonds. The number of ether oxygens (including phenoxy) is 1. The van der Waals surface area contributed by atoms with Gasteiger partial charge in [-0.3, -0.25) is 9.78 Å². The molecular weight excluding hydrogens is 254 g/mol. The van der Waals surface area contributed by atoms with Gasteiger partial charge in [-0.05, 0) is 24.3 Å². The third kappa shape index (κ3) is 3.55. The predicted molar refractivity (Wildman–Crippen MR) is 77.4 cm³/mol. The van der Waals surface area contributed by atoms with Crippen molar-refractivity contribution in [2.45, 2.75) is 13.0 Å². The first kappa shape index (κ1) is 14.0. The van der Waals surface area contributed by atoms with Gasteiger partial charge >= 0.3 is 0 Å². The number of carbonyl (C=O) groups is 1. The topological polar surface area (TPSA) is 77.2 Å². The van der Waals surface area contributed by atoms with Crippen LogP contribution in [0.3, 0.4) is 0 Å². The van der Waals surface area contributed by atoms with E-state index in [2.05, 4.69) is 10.3 Å². The van der Waals surface area contributed by atoms with Crippen molar-refractivity contribution in [1.82, 2.24) is 4.98 Å². The summed E-state index contributed by atoms with van der Waals surface area (Å²) in [5.74, 6) is 0.423. The first-order valence-corrected chi connectivity index (χ1v) is 6.35. The molecule has 0 bridgehead atoms. The van der Waals surface area contributed by atoms with E-state index in [-0.39, 0.29) is 12.0 Å². The highest BCUT2D eigenvalue weighted by atomic mass is 16.5. The van der Waals surface area contributed by atoms with Crippen LogP contribution < -0.4 is 15.8 Å².